The first-order valence-electron chi connectivity index (χ1n) is 13.8. The summed E-state index contributed by atoms with van der Waals surface area (Å²) in [5.74, 6) is 0.627. The van der Waals surface area contributed by atoms with Crippen LogP contribution in [0.25, 0.3) is 6.08 Å². The van der Waals surface area contributed by atoms with E-state index in [0.717, 1.165) is 25.7 Å². The SMILES string of the molecule is C[C@H]1[C@H](NC(=O)COc2ccc(C(=O)/C=C/c3ccco3)cc2)O[C@@H]2O[C@@]3(C)CC[C@H]4[C@H](C)CC[C@@H]1[C@@]24OO3. The minimum Gasteiger partial charge on any atom is -0.484 e. The van der Waals surface area contributed by atoms with Crippen LogP contribution in [0.5, 0.6) is 5.75 Å². The molecule has 5 heterocycles. The fourth-order valence-electron chi connectivity index (χ4n) is 6.77. The molecule has 39 heavy (non-hydrogen) atoms. The van der Waals surface area contributed by atoms with Gasteiger partial charge in [-0.05, 0) is 86.6 Å². The van der Waals surface area contributed by atoms with E-state index in [0.29, 0.717) is 23.0 Å². The number of nitrogens with one attached hydrogen (secondary N) is 1. The van der Waals surface area contributed by atoms with Crippen molar-refractivity contribution in [1.29, 1.82) is 0 Å². The average Bonchev–Trinajstić information content (AvgIpc) is 3.35. The van der Waals surface area contributed by atoms with Gasteiger partial charge in [-0.3, -0.25) is 9.59 Å². The van der Waals surface area contributed by atoms with Crippen molar-refractivity contribution in [3.8, 4) is 5.75 Å². The van der Waals surface area contributed by atoms with Crippen LogP contribution in [0.3, 0.4) is 0 Å². The summed E-state index contributed by atoms with van der Waals surface area (Å²) in [7, 11) is 0. The van der Waals surface area contributed by atoms with E-state index in [9.17, 15) is 9.59 Å². The Morgan fingerprint density at radius 3 is 2.67 bits per heavy atom. The Morgan fingerprint density at radius 1 is 1.08 bits per heavy atom. The van der Waals surface area contributed by atoms with Crippen LogP contribution in [0.4, 0.5) is 0 Å². The minimum atomic E-state index is -0.863. The van der Waals surface area contributed by atoms with Crippen molar-refractivity contribution in [3.05, 3.63) is 60.1 Å². The maximum atomic E-state index is 12.9. The van der Waals surface area contributed by atoms with E-state index in [1.807, 2.05) is 6.92 Å². The van der Waals surface area contributed by atoms with Gasteiger partial charge in [0.15, 0.2) is 24.3 Å². The number of fused-ring (bicyclic) bond motifs is 2. The van der Waals surface area contributed by atoms with Crippen LogP contribution in [0.15, 0.2) is 53.2 Å². The van der Waals surface area contributed by atoms with E-state index in [1.165, 1.54) is 6.08 Å². The molecule has 1 N–H and O–H groups in total. The first-order chi connectivity index (χ1) is 18.8. The first-order valence-corrected chi connectivity index (χ1v) is 13.8. The molecule has 9 nitrogen and oxygen atoms in total. The molecular formula is C30H35NO8. The number of allylic oxidation sites excluding steroid dienone is 1. The van der Waals surface area contributed by atoms with Crippen molar-refractivity contribution in [2.75, 3.05) is 6.61 Å². The number of ketones is 1. The van der Waals surface area contributed by atoms with Crippen molar-refractivity contribution in [3.63, 3.8) is 0 Å². The highest BCUT2D eigenvalue weighted by atomic mass is 17.3. The third kappa shape index (κ3) is 4.82. The van der Waals surface area contributed by atoms with E-state index in [-0.39, 0.29) is 36.1 Å². The summed E-state index contributed by atoms with van der Waals surface area (Å²) in [4.78, 5) is 37.3. The third-order valence-electron chi connectivity index (χ3n) is 8.91. The zero-order valence-corrected chi connectivity index (χ0v) is 22.5. The lowest BCUT2D eigenvalue weighted by atomic mass is 9.58. The summed E-state index contributed by atoms with van der Waals surface area (Å²) in [6.45, 7) is 6.06. The summed E-state index contributed by atoms with van der Waals surface area (Å²) in [5.41, 5.74) is -0.164. The second-order valence-electron chi connectivity index (χ2n) is 11.4. The zero-order valence-electron chi connectivity index (χ0n) is 22.5. The van der Waals surface area contributed by atoms with Crippen molar-refractivity contribution in [2.45, 2.75) is 70.4 Å². The lowest BCUT2D eigenvalue weighted by Gasteiger charge is -2.60. The van der Waals surface area contributed by atoms with Crippen LogP contribution in [0, 0.1) is 23.7 Å². The van der Waals surface area contributed by atoms with E-state index < -0.39 is 23.9 Å². The number of hydrogen-bond acceptors (Lipinski definition) is 8. The number of rotatable bonds is 7. The molecule has 0 unspecified atom stereocenters. The summed E-state index contributed by atoms with van der Waals surface area (Å²) < 4.78 is 23.7. The molecule has 2 aromatic rings. The lowest BCUT2D eigenvalue weighted by molar-refractivity contribution is -0.571. The molecule has 7 rings (SSSR count). The van der Waals surface area contributed by atoms with Crippen LogP contribution >= 0.6 is 0 Å². The van der Waals surface area contributed by atoms with Crippen LogP contribution in [-0.2, 0) is 24.0 Å². The number of carbonyl (C=O) groups excluding carboxylic acids is 2. The predicted molar refractivity (Wildman–Crippen MR) is 139 cm³/mol. The molecule has 5 fully saturated rings. The molecule has 1 aromatic heterocycles. The maximum Gasteiger partial charge on any atom is 0.259 e. The molecule has 8 atom stereocenters. The van der Waals surface area contributed by atoms with Crippen molar-refractivity contribution < 1.29 is 38.0 Å². The monoisotopic (exact) mass is 537 g/mol. The largest absolute Gasteiger partial charge is 0.484 e. The molecule has 4 saturated heterocycles. The lowest BCUT2D eigenvalue weighted by Crippen LogP contribution is -2.72. The minimum absolute atomic E-state index is 0.00520. The fraction of sp³-hybridized carbons (Fsp3) is 0.533. The number of benzene rings is 1. The van der Waals surface area contributed by atoms with Gasteiger partial charge in [0.05, 0.1) is 6.26 Å². The third-order valence-corrected chi connectivity index (χ3v) is 8.91. The molecule has 4 aliphatic heterocycles. The molecule has 9 heteroatoms. The van der Waals surface area contributed by atoms with Crippen LogP contribution in [0.1, 0.15) is 62.6 Å². The standard InChI is InChI=1S/C30H35NO8/c1-18-6-12-24-19(2)27(36-28-30(24)23(18)14-15-29(3,37-28)38-39-30)31-26(33)17-35-22-9-7-20(8-10-22)25(32)13-11-21-5-4-16-34-21/h4-5,7-11,13,16,18-19,23-24,27-28H,6,12,14-15,17H2,1-3H3,(H,31,33)/b13-11+/t18-,19-,23+,24+,27-,28-,29-,30-/m1/s1. The Morgan fingerprint density at radius 2 is 1.90 bits per heavy atom. The quantitative estimate of drug-likeness (QED) is 0.303. The summed E-state index contributed by atoms with van der Waals surface area (Å²) in [6.07, 6.45) is 7.20. The van der Waals surface area contributed by atoms with Gasteiger partial charge >= 0.3 is 0 Å². The number of ether oxygens (including phenoxy) is 3. The molecule has 208 valence electrons. The Hall–Kier alpha value is -2.98. The van der Waals surface area contributed by atoms with Crippen molar-refractivity contribution >= 4 is 17.8 Å². The molecule has 2 bridgehead atoms. The van der Waals surface area contributed by atoms with Gasteiger partial charge in [0, 0.05) is 23.8 Å². The normalized spacial score (nSPS) is 37.2. The Labute approximate surface area is 227 Å². The molecular weight excluding hydrogens is 502 g/mol. The van der Waals surface area contributed by atoms with Gasteiger partial charge in [-0.2, -0.15) is 0 Å². The maximum absolute atomic E-state index is 12.9. The average molecular weight is 538 g/mol. The molecule has 1 aromatic carbocycles. The Bertz CT molecular complexity index is 1230. The summed E-state index contributed by atoms with van der Waals surface area (Å²) in [6, 6.07) is 10.2. The second-order valence-corrected chi connectivity index (χ2v) is 11.4. The van der Waals surface area contributed by atoms with Gasteiger partial charge in [0.1, 0.15) is 17.7 Å². The van der Waals surface area contributed by atoms with Gasteiger partial charge < -0.3 is 23.9 Å². The predicted octanol–water partition coefficient (Wildman–Crippen LogP) is 4.88. The van der Waals surface area contributed by atoms with Gasteiger partial charge in [-0.25, -0.2) is 9.78 Å². The van der Waals surface area contributed by atoms with Crippen molar-refractivity contribution in [2.24, 2.45) is 23.7 Å². The molecule has 1 amide bonds. The Kier molecular flexibility index (Phi) is 6.87. The fourth-order valence-corrected chi connectivity index (χ4v) is 6.77. The molecule has 5 aliphatic rings. The molecule has 1 aliphatic carbocycles. The summed E-state index contributed by atoms with van der Waals surface area (Å²) in [5, 5.41) is 3.00. The highest BCUT2D eigenvalue weighted by molar-refractivity contribution is 6.06. The molecule has 1 saturated carbocycles. The number of amides is 1. The first kappa shape index (κ1) is 26.3. The van der Waals surface area contributed by atoms with Crippen LogP contribution in [0.2, 0.25) is 0 Å². The van der Waals surface area contributed by atoms with Gasteiger partial charge in [0.2, 0.25) is 5.79 Å². The van der Waals surface area contributed by atoms with E-state index in [1.54, 1.807) is 48.7 Å². The molecule has 1 spiro atoms. The smallest absolute Gasteiger partial charge is 0.259 e. The van der Waals surface area contributed by atoms with Gasteiger partial charge in [-0.1, -0.05) is 13.8 Å². The van der Waals surface area contributed by atoms with Gasteiger partial charge in [0.25, 0.3) is 5.91 Å². The van der Waals surface area contributed by atoms with E-state index >= 15 is 0 Å². The number of hydrogen-bond donors (Lipinski definition) is 1. The topological polar surface area (TPSA) is 105 Å². The van der Waals surface area contributed by atoms with E-state index in [2.05, 4.69) is 19.2 Å². The highest BCUT2D eigenvalue weighted by Crippen LogP contribution is 2.60. The van der Waals surface area contributed by atoms with Gasteiger partial charge in [-0.15, -0.1) is 0 Å². The van der Waals surface area contributed by atoms with Crippen LogP contribution < -0.4 is 10.1 Å². The Balaban J connectivity index is 1.07. The highest BCUT2D eigenvalue weighted by Gasteiger charge is 2.69. The second kappa shape index (κ2) is 10.2. The van der Waals surface area contributed by atoms with Crippen molar-refractivity contribution in [1.82, 2.24) is 5.32 Å². The number of furan rings is 1. The van der Waals surface area contributed by atoms with E-state index in [4.69, 9.17) is 28.4 Å². The summed E-state index contributed by atoms with van der Waals surface area (Å²) >= 11 is 0. The zero-order chi connectivity index (χ0) is 27.2. The van der Waals surface area contributed by atoms with Crippen LogP contribution in [-0.4, -0.2) is 42.2 Å². The molecule has 0 radical (unpaired) electrons. The number of carbonyl (C=O) groups is 2.